The monoisotopic (exact) mass is 280 g/mol. The van der Waals surface area contributed by atoms with Crippen molar-refractivity contribution in [2.75, 3.05) is 19.0 Å². The third kappa shape index (κ3) is 6.08. The van der Waals surface area contributed by atoms with Crippen molar-refractivity contribution in [3.63, 3.8) is 0 Å². The molecule has 0 atom stereocenters. The Hall–Kier alpha value is -2.24. The van der Waals surface area contributed by atoms with Crippen LogP contribution in [0.25, 0.3) is 0 Å². The van der Waals surface area contributed by atoms with Crippen molar-refractivity contribution in [3.8, 4) is 5.75 Å². The molecule has 0 radical (unpaired) electrons. The minimum atomic E-state index is -0.572. The van der Waals surface area contributed by atoms with E-state index >= 15 is 0 Å². The van der Waals surface area contributed by atoms with Crippen LogP contribution in [0.1, 0.15) is 20.8 Å². The molecule has 0 bridgehead atoms. The van der Waals surface area contributed by atoms with Gasteiger partial charge in [-0.3, -0.25) is 5.32 Å². The van der Waals surface area contributed by atoms with Crippen molar-refractivity contribution < 1.29 is 19.1 Å². The van der Waals surface area contributed by atoms with Gasteiger partial charge in [0, 0.05) is 18.8 Å². The standard InChI is InChI=1S/C14H20N2O4/c1-14(2,3)9-19-13(18)16-10-6-5-7-11(8-10)20-12(17)15-4/h5-8H,9H2,1-4H3,(H,15,17)(H,16,18). The molecule has 110 valence electrons. The van der Waals surface area contributed by atoms with Gasteiger partial charge in [0.05, 0.1) is 6.61 Å². The van der Waals surface area contributed by atoms with Crippen molar-refractivity contribution >= 4 is 17.9 Å². The van der Waals surface area contributed by atoms with Crippen LogP contribution >= 0.6 is 0 Å². The lowest BCUT2D eigenvalue weighted by atomic mass is 9.99. The minimum Gasteiger partial charge on any atom is -0.449 e. The Kier molecular flexibility index (Phi) is 5.37. The van der Waals surface area contributed by atoms with Gasteiger partial charge in [0.15, 0.2) is 0 Å². The van der Waals surface area contributed by atoms with Gasteiger partial charge in [0.2, 0.25) is 0 Å². The van der Waals surface area contributed by atoms with Crippen molar-refractivity contribution in [1.82, 2.24) is 5.32 Å². The summed E-state index contributed by atoms with van der Waals surface area (Å²) in [6, 6.07) is 6.49. The number of anilines is 1. The summed E-state index contributed by atoms with van der Waals surface area (Å²) >= 11 is 0. The third-order valence-electron chi connectivity index (χ3n) is 2.13. The van der Waals surface area contributed by atoms with Crippen LogP contribution in [-0.2, 0) is 4.74 Å². The van der Waals surface area contributed by atoms with Gasteiger partial charge < -0.3 is 14.8 Å². The fourth-order valence-electron chi connectivity index (χ4n) is 1.23. The SMILES string of the molecule is CNC(=O)Oc1cccc(NC(=O)OCC(C)(C)C)c1. The zero-order valence-corrected chi connectivity index (χ0v) is 12.1. The highest BCUT2D eigenvalue weighted by molar-refractivity contribution is 5.85. The molecule has 0 aromatic heterocycles. The minimum absolute atomic E-state index is 0.0957. The molecular weight excluding hydrogens is 260 g/mol. The van der Waals surface area contributed by atoms with Crippen LogP contribution in [0.3, 0.4) is 0 Å². The topological polar surface area (TPSA) is 76.7 Å². The van der Waals surface area contributed by atoms with E-state index in [2.05, 4.69) is 10.6 Å². The molecule has 2 amide bonds. The molecule has 0 aliphatic rings. The number of benzene rings is 1. The van der Waals surface area contributed by atoms with Gasteiger partial charge in [0.25, 0.3) is 0 Å². The number of hydrogen-bond donors (Lipinski definition) is 2. The highest BCUT2D eigenvalue weighted by Crippen LogP contribution is 2.18. The van der Waals surface area contributed by atoms with E-state index in [0.29, 0.717) is 18.0 Å². The van der Waals surface area contributed by atoms with Crippen molar-refractivity contribution in [1.29, 1.82) is 0 Å². The average molecular weight is 280 g/mol. The first-order chi connectivity index (χ1) is 9.30. The van der Waals surface area contributed by atoms with E-state index in [1.165, 1.54) is 13.1 Å². The predicted molar refractivity (Wildman–Crippen MR) is 76.0 cm³/mol. The molecule has 0 saturated carbocycles. The molecule has 2 N–H and O–H groups in total. The number of carbonyl (C=O) groups excluding carboxylic acids is 2. The van der Waals surface area contributed by atoms with E-state index in [1.807, 2.05) is 20.8 Å². The van der Waals surface area contributed by atoms with E-state index in [4.69, 9.17) is 9.47 Å². The molecule has 1 rings (SSSR count). The molecular formula is C14H20N2O4. The molecule has 0 saturated heterocycles. The Balaban J connectivity index is 2.57. The second-order valence-corrected chi connectivity index (χ2v) is 5.43. The Morgan fingerprint density at radius 2 is 1.90 bits per heavy atom. The molecule has 1 aromatic carbocycles. The van der Waals surface area contributed by atoms with Gasteiger partial charge in [-0.1, -0.05) is 26.8 Å². The molecule has 6 heteroatoms. The summed E-state index contributed by atoms with van der Waals surface area (Å²) < 4.78 is 10.0. The van der Waals surface area contributed by atoms with Crippen LogP contribution in [-0.4, -0.2) is 25.8 Å². The molecule has 0 spiro atoms. The van der Waals surface area contributed by atoms with Crippen molar-refractivity contribution in [2.24, 2.45) is 5.41 Å². The maximum Gasteiger partial charge on any atom is 0.412 e. The Morgan fingerprint density at radius 3 is 2.50 bits per heavy atom. The van der Waals surface area contributed by atoms with Crippen LogP contribution in [0.4, 0.5) is 15.3 Å². The quantitative estimate of drug-likeness (QED) is 0.892. The Morgan fingerprint density at radius 1 is 1.20 bits per heavy atom. The van der Waals surface area contributed by atoms with Gasteiger partial charge in [-0.2, -0.15) is 0 Å². The fraction of sp³-hybridized carbons (Fsp3) is 0.429. The Bertz CT molecular complexity index is 480. The maximum atomic E-state index is 11.6. The van der Waals surface area contributed by atoms with Crippen molar-refractivity contribution in [2.45, 2.75) is 20.8 Å². The first-order valence-electron chi connectivity index (χ1n) is 6.23. The first-order valence-corrected chi connectivity index (χ1v) is 6.23. The summed E-state index contributed by atoms with van der Waals surface area (Å²) in [6.45, 7) is 6.22. The van der Waals surface area contributed by atoms with Crippen LogP contribution in [0, 0.1) is 5.41 Å². The number of ether oxygens (including phenoxy) is 2. The fourth-order valence-corrected chi connectivity index (χ4v) is 1.23. The van der Waals surface area contributed by atoms with E-state index in [1.54, 1.807) is 18.2 Å². The number of amides is 2. The zero-order valence-electron chi connectivity index (χ0n) is 12.1. The normalized spacial score (nSPS) is 10.6. The maximum absolute atomic E-state index is 11.6. The number of nitrogens with one attached hydrogen (secondary N) is 2. The van der Waals surface area contributed by atoms with Crippen LogP contribution in [0.15, 0.2) is 24.3 Å². The third-order valence-corrected chi connectivity index (χ3v) is 2.13. The average Bonchev–Trinajstić information content (AvgIpc) is 2.36. The van der Waals surface area contributed by atoms with Crippen LogP contribution in [0.5, 0.6) is 5.75 Å². The zero-order chi connectivity index (χ0) is 15.2. The lowest BCUT2D eigenvalue weighted by Crippen LogP contribution is -2.23. The Labute approximate surface area is 118 Å². The molecule has 0 heterocycles. The predicted octanol–water partition coefficient (Wildman–Crippen LogP) is 3.00. The van der Waals surface area contributed by atoms with Gasteiger partial charge >= 0.3 is 12.2 Å². The first kappa shape index (κ1) is 15.8. The van der Waals surface area contributed by atoms with Gasteiger partial charge in [-0.25, -0.2) is 9.59 Å². The van der Waals surface area contributed by atoms with Gasteiger partial charge in [-0.15, -0.1) is 0 Å². The summed E-state index contributed by atoms with van der Waals surface area (Å²) in [4.78, 5) is 22.7. The molecule has 0 aliphatic heterocycles. The lowest BCUT2D eigenvalue weighted by molar-refractivity contribution is 0.118. The summed E-state index contributed by atoms with van der Waals surface area (Å²) in [5.74, 6) is 0.331. The van der Waals surface area contributed by atoms with Crippen LogP contribution < -0.4 is 15.4 Å². The van der Waals surface area contributed by atoms with E-state index < -0.39 is 12.2 Å². The van der Waals surface area contributed by atoms with Gasteiger partial charge in [-0.05, 0) is 17.5 Å². The number of hydrogen-bond acceptors (Lipinski definition) is 4. The summed E-state index contributed by atoms with van der Waals surface area (Å²) in [7, 11) is 1.47. The molecule has 6 nitrogen and oxygen atoms in total. The van der Waals surface area contributed by atoms with Gasteiger partial charge in [0.1, 0.15) is 5.75 Å². The number of rotatable bonds is 3. The van der Waals surface area contributed by atoms with Crippen molar-refractivity contribution in [3.05, 3.63) is 24.3 Å². The lowest BCUT2D eigenvalue weighted by Gasteiger charge is -2.18. The van der Waals surface area contributed by atoms with Crippen LogP contribution in [0.2, 0.25) is 0 Å². The highest BCUT2D eigenvalue weighted by Gasteiger charge is 2.14. The number of carbonyl (C=O) groups is 2. The van der Waals surface area contributed by atoms with E-state index in [0.717, 1.165) is 0 Å². The summed E-state index contributed by atoms with van der Waals surface area (Å²) in [5.41, 5.74) is 0.395. The smallest absolute Gasteiger partial charge is 0.412 e. The molecule has 20 heavy (non-hydrogen) atoms. The second-order valence-electron chi connectivity index (χ2n) is 5.43. The summed E-state index contributed by atoms with van der Waals surface area (Å²) in [5, 5.41) is 4.91. The highest BCUT2D eigenvalue weighted by atomic mass is 16.6. The summed E-state index contributed by atoms with van der Waals surface area (Å²) in [6.07, 6.45) is -1.12. The van der Waals surface area contributed by atoms with E-state index in [-0.39, 0.29) is 5.41 Å². The molecule has 0 aliphatic carbocycles. The molecule has 0 unspecified atom stereocenters. The van der Waals surface area contributed by atoms with E-state index in [9.17, 15) is 9.59 Å². The molecule has 1 aromatic rings. The second kappa shape index (κ2) is 6.79. The largest absolute Gasteiger partial charge is 0.449 e. The molecule has 0 fully saturated rings.